The minimum Gasteiger partial charge on any atom is -0.494 e. The molecule has 2 aromatic carbocycles. The highest BCUT2D eigenvalue weighted by Crippen LogP contribution is 2.27. The molecule has 0 spiro atoms. The standard InChI is InChI=1S/C24H22N4O2S/c1-3-30-20-12-10-19(11-13-20)21-16-31-24(25-21)28-22(15-17(2)27-28)26-23(29)14-9-18-7-5-4-6-8-18/h4-16H,3H2,1-2H3,(H,26,29)/b14-9-. The van der Waals surface area contributed by atoms with Crippen molar-refractivity contribution in [1.29, 1.82) is 0 Å². The first-order chi connectivity index (χ1) is 15.1. The van der Waals surface area contributed by atoms with Crippen LogP contribution in [0.4, 0.5) is 5.82 Å². The lowest BCUT2D eigenvalue weighted by atomic mass is 10.2. The normalized spacial score (nSPS) is 11.0. The molecule has 0 aliphatic rings. The number of aromatic nitrogens is 3. The zero-order valence-electron chi connectivity index (χ0n) is 17.3. The van der Waals surface area contributed by atoms with Crippen LogP contribution in [-0.2, 0) is 4.79 Å². The average molecular weight is 431 g/mol. The predicted octanol–water partition coefficient (Wildman–Crippen LogP) is 5.35. The summed E-state index contributed by atoms with van der Waals surface area (Å²) in [6.45, 7) is 4.47. The van der Waals surface area contributed by atoms with Gasteiger partial charge in [-0.15, -0.1) is 11.3 Å². The second kappa shape index (κ2) is 9.40. The Balaban J connectivity index is 1.52. The SMILES string of the molecule is CCOc1ccc(-c2csc(-n3nc(C)cc3NC(=O)/C=C\c3ccccc3)n2)cc1. The van der Waals surface area contributed by atoms with E-state index in [1.807, 2.05) is 79.9 Å². The van der Waals surface area contributed by atoms with Gasteiger partial charge >= 0.3 is 0 Å². The van der Waals surface area contributed by atoms with Crippen LogP contribution in [0.15, 0.2) is 72.1 Å². The molecule has 0 radical (unpaired) electrons. The Morgan fingerprint density at radius 3 is 2.68 bits per heavy atom. The molecule has 31 heavy (non-hydrogen) atoms. The van der Waals surface area contributed by atoms with Crippen LogP contribution in [0.5, 0.6) is 5.75 Å². The second-order valence-electron chi connectivity index (χ2n) is 6.79. The maximum Gasteiger partial charge on any atom is 0.249 e. The van der Waals surface area contributed by atoms with Gasteiger partial charge in [0.05, 0.1) is 18.0 Å². The van der Waals surface area contributed by atoms with Gasteiger partial charge in [0.15, 0.2) is 0 Å². The fourth-order valence-electron chi connectivity index (χ4n) is 3.02. The molecule has 1 N–H and O–H groups in total. The molecule has 6 nitrogen and oxygen atoms in total. The number of hydrogen-bond donors (Lipinski definition) is 1. The monoisotopic (exact) mass is 430 g/mol. The van der Waals surface area contributed by atoms with Crippen molar-refractivity contribution in [3.63, 3.8) is 0 Å². The summed E-state index contributed by atoms with van der Waals surface area (Å²) in [6.07, 6.45) is 3.28. The lowest BCUT2D eigenvalue weighted by Gasteiger charge is -2.05. The molecule has 4 rings (SSSR count). The van der Waals surface area contributed by atoms with Crippen molar-refractivity contribution in [2.75, 3.05) is 11.9 Å². The van der Waals surface area contributed by atoms with E-state index in [1.165, 1.54) is 17.4 Å². The Labute approximate surface area is 184 Å². The van der Waals surface area contributed by atoms with Crippen LogP contribution in [0.2, 0.25) is 0 Å². The molecule has 0 atom stereocenters. The van der Waals surface area contributed by atoms with Crippen molar-refractivity contribution in [3.8, 4) is 22.1 Å². The van der Waals surface area contributed by atoms with Crippen LogP contribution in [0.1, 0.15) is 18.2 Å². The summed E-state index contributed by atoms with van der Waals surface area (Å²) in [6, 6.07) is 19.3. The van der Waals surface area contributed by atoms with Crippen molar-refractivity contribution in [2.24, 2.45) is 0 Å². The topological polar surface area (TPSA) is 69.0 Å². The number of ether oxygens (including phenoxy) is 1. The number of thiazole rings is 1. The highest BCUT2D eigenvalue weighted by molar-refractivity contribution is 7.12. The minimum absolute atomic E-state index is 0.228. The van der Waals surface area contributed by atoms with Gasteiger partial charge < -0.3 is 10.1 Å². The van der Waals surface area contributed by atoms with Gasteiger partial charge in [-0.1, -0.05) is 30.3 Å². The smallest absolute Gasteiger partial charge is 0.249 e. The van der Waals surface area contributed by atoms with Gasteiger partial charge in [0, 0.05) is 23.1 Å². The third-order valence-electron chi connectivity index (χ3n) is 4.44. The zero-order chi connectivity index (χ0) is 21.6. The van der Waals surface area contributed by atoms with E-state index in [1.54, 1.807) is 10.8 Å². The molecule has 2 aromatic heterocycles. The van der Waals surface area contributed by atoms with Gasteiger partial charge in [0.2, 0.25) is 11.0 Å². The first-order valence-corrected chi connectivity index (χ1v) is 10.8. The molecule has 2 heterocycles. The number of anilines is 1. The highest BCUT2D eigenvalue weighted by Gasteiger charge is 2.14. The summed E-state index contributed by atoms with van der Waals surface area (Å²) < 4.78 is 7.16. The summed E-state index contributed by atoms with van der Waals surface area (Å²) in [5.74, 6) is 1.18. The number of nitrogens with zero attached hydrogens (tertiary/aromatic N) is 3. The Morgan fingerprint density at radius 2 is 1.94 bits per heavy atom. The van der Waals surface area contributed by atoms with Crippen LogP contribution < -0.4 is 10.1 Å². The number of benzene rings is 2. The molecule has 0 saturated carbocycles. The van der Waals surface area contributed by atoms with Crippen LogP contribution in [0.25, 0.3) is 22.5 Å². The van der Waals surface area contributed by atoms with Gasteiger partial charge in [0.1, 0.15) is 11.6 Å². The third-order valence-corrected chi connectivity index (χ3v) is 5.26. The summed E-state index contributed by atoms with van der Waals surface area (Å²) in [5.41, 5.74) is 3.59. The number of nitrogens with one attached hydrogen (secondary N) is 1. The van der Waals surface area contributed by atoms with Crippen molar-refractivity contribution < 1.29 is 9.53 Å². The zero-order valence-corrected chi connectivity index (χ0v) is 18.1. The number of amides is 1. The molecule has 156 valence electrons. The Morgan fingerprint density at radius 1 is 1.16 bits per heavy atom. The molecule has 0 aliphatic heterocycles. The van der Waals surface area contributed by atoms with Crippen molar-refractivity contribution in [1.82, 2.24) is 14.8 Å². The van der Waals surface area contributed by atoms with Crippen molar-refractivity contribution in [2.45, 2.75) is 13.8 Å². The van der Waals surface area contributed by atoms with E-state index in [2.05, 4.69) is 10.4 Å². The number of aryl methyl sites for hydroxylation is 1. The van der Waals surface area contributed by atoms with Crippen LogP contribution in [0, 0.1) is 6.92 Å². The predicted molar refractivity (Wildman–Crippen MR) is 125 cm³/mol. The van der Waals surface area contributed by atoms with Gasteiger partial charge in [-0.25, -0.2) is 4.98 Å². The lowest BCUT2D eigenvalue weighted by molar-refractivity contribution is -0.111. The molecule has 0 aliphatic carbocycles. The first kappa shape index (κ1) is 20.6. The molecule has 0 bridgehead atoms. The molecule has 1 amide bonds. The van der Waals surface area contributed by atoms with E-state index in [0.717, 1.165) is 28.3 Å². The van der Waals surface area contributed by atoms with Gasteiger partial charge in [-0.3, -0.25) is 4.79 Å². The number of carbonyl (C=O) groups excluding carboxylic acids is 1. The Kier molecular flexibility index (Phi) is 6.24. The average Bonchev–Trinajstić information content (AvgIpc) is 3.40. The van der Waals surface area contributed by atoms with Crippen LogP contribution >= 0.6 is 11.3 Å². The van der Waals surface area contributed by atoms with E-state index in [0.29, 0.717) is 17.6 Å². The van der Waals surface area contributed by atoms with E-state index >= 15 is 0 Å². The third kappa shape index (κ3) is 5.07. The van der Waals surface area contributed by atoms with Gasteiger partial charge in [0.25, 0.3) is 0 Å². The van der Waals surface area contributed by atoms with Gasteiger partial charge in [-0.2, -0.15) is 9.78 Å². The highest BCUT2D eigenvalue weighted by atomic mass is 32.1. The van der Waals surface area contributed by atoms with Crippen molar-refractivity contribution in [3.05, 3.63) is 83.4 Å². The number of carbonyl (C=O) groups is 1. The van der Waals surface area contributed by atoms with Crippen LogP contribution in [-0.4, -0.2) is 27.3 Å². The Bertz CT molecular complexity index is 1190. The quantitative estimate of drug-likeness (QED) is 0.401. The first-order valence-electron chi connectivity index (χ1n) is 9.92. The van der Waals surface area contributed by atoms with E-state index in [4.69, 9.17) is 9.72 Å². The molecule has 0 fully saturated rings. The minimum atomic E-state index is -0.228. The molecular weight excluding hydrogens is 408 g/mol. The molecule has 0 unspecified atom stereocenters. The summed E-state index contributed by atoms with van der Waals surface area (Å²) in [4.78, 5) is 17.1. The van der Waals surface area contributed by atoms with E-state index in [-0.39, 0.29) is 5.91 Å². The molecular formula is C24H22N4O2S. The number of hydrogen-bond acceptors (Lipinski definition) is 5. The van der Waals surface area contributed by atoms with Crippen molar-refractivity contribution >= 4 is 29.1 Å². The molecule has 4 aromatic rings. The fraction of sp³-hybridized carbons (Fsp3) is 0.125. The number of rotatable bonds is 7. The summed E-state index contributed by atoms with van der Waals surface area (Å²) in [5, 5.41) is 10.1. The Hall–Kier alpha value is -3.71. The summed E-state index contributed by atoms with van der Waals surface area (Å²) >= 11 is 1.47. The lowest BCUT2D eigenvalue weighted by Crippen LogP contribution is -2.12. The fourth-order valence-corrected chi connectivity index (χ4v) is 3.82. The van der Waals surface area contributed by atoms with Gasteiger partial charge in [-0.05, 0) is 49.8 Å². The maximum absolute atomic E-state index is 12.4. The second-order valence-corrected chi connectivity index (χ2v) is 7.63. The van der Waals surface area contributed by atoms with E-state index in [9.17, 15) is 4.79 Å². The van der Waals surface area contributed by atoms with E-state index < -0.39 is 0 Å². The summed E-state index contributed by atoms with van der Waals surface area (Å²) in [7, 11) is 0. The largest absolute Gasteiger partial charge is 0.494 e. The molecule has 0 saturated heterocycles. The maximum atomic E-state index is 12.4. The molecule has 7 heteroatoms. The van der Waals surface area contributed by atoms with Crippen LogP contribution in [0.3, 0.4) is 0 Å².